The second kappa shape index (κ2) is 6.58. The van der Waals surface area contributed by atoms with Gasteiger partial charge in [-0.15, -0.1) is 0 Å². The molecule has 7 nitrogen and oxygen atoms in total. The molecule has 1 aliphatic heterocycles. The molecule has 1 aliphatic carbocycles. The first-order valence-electron chi connectivity index (χ1n) is 9.39. The van der Waals surface area contributed by atoms with E-state index in [1.165, 1.54) is 25.2 Å². The van der Waals surface area contributed by atoms with Crippen LogP contribution in [0.2, 0.25) is 0 Å². The van der Waals surface area contributed by atoms with Crippen molar-refractivity contribution >= 4 is 11.5 Å². The molecule has 1 unspecified atom stereocenters. The number of aromatic nitrogens is 4. The summed E-state index contributed by atoms with van der Waals surface area (Å²) in [5.41, 5.74) is 2.15. The lowest BCUT2D eigenvalue weighted by Crippen LogP contribution is -2.29. The van der Waals surface area contributed by atoms with Crippen molar-refractivity contribution in [2.24, 2.45) is 5.41 Å². The highest BCUT2D eigenvalue weighted by Crippen LogP contribution is 2.51. The minimum absolute atomic E-state index is 0.129. The molecule has 1 spiro atoms. The molecule has 2 aliphatic rings. The van der Waals surface area contributed by atoms with Gasteiger partial charge in [-0.25, -0.2) is 15.0 Å². The number of pyridine rings is 1. The van der Waals surface area contributed by atoms with E-state index in [-0.39, 0.29) is 5.88 Å². The van der Waals surface area contributed by atoms with Gasteiger partial charge in [-0.1, -0.05) is 6.07 Å². The predicted octanol–water partition coefficient (Wildman–Crippen LogP) is 2.90. The van der Waals surface area contributed by atoms with Crippen LogP contribution in [0, 0.1) is 5.41 Å². The smallest absolute Gasteiger partial charge is 0.422 e. The van der Waals surface area contributed by atoms with Crippen molar-refractivity contribution in [2.45, 2.75) is 25.1 Å². The first kappa shape index (κ1) is 18.2. The lowest BCUT2D eigenvalue weighted by Gasteiger charge is -2.19. The van der Waals surface area contributed by atoms with E-state index in [1.54, 1.807) is 10.6 Å². The van der Waals surface area contributed by atoms with Gasteiger partial charge < -0.3 is 15.4 Å². The molecule has 0 bridgehead atoms. The zero-order valence-electron chi connectivity index (χ0n) is 15.4. The van der Waals surface area contributed by atoms with Crippen LogP contribution in [0.25, 0.3) is 17.0 Å². The van der Waals surface area contributed by atoms with Crippen LogP contribution in [-0.2, 0) is 0 Å². The Morgan fingerprint density at radius 2 is 2.10 bits per heavy atom. The van der Waals surface area contributed by atoms with Gasteiger partial charge >= 0.3 is 6.18 Å². The van der Waals surface area contributed by atoms with Crippen LogP contribution in [0.4, 0.5) is 19.0 Å². The molecule has 1 saturated carbocycles. The number of alkyl halides is 3. The number of hydrogen-bond acceptors (Lipinski definition) is 6. The number of hydrogen-bond donors (Lipinski definition) is 2. The number of imidazole rings is 1. The van der Waals surface area contributed by atoms with Crippen LogP contribution < -0.4 is 15.4 Å². The van der Waals surface area contributed by atoms with Crippen molar-refractivity contribution in [3.8, 4) is 17.3 Å². The monoisotopic (exact) mass is 404 g/mol. The highest BCUT2D eigenvalue weighted by Gasteiger charge is 2.52. The van der Waals surface area contributed by atoms with Crippen molar-refractivity contribution in [1.29, 1.82) is 0 Å². The third-order valence-corrected chi connectivity index (χ3v) is 5.55. The maximum atomic E-state index is 12.4. The molecule has 29 heavy (non-hydrogen) atoms. The van der Waals surface area contributed by atoms with E-state index < -0.39 is 12.8 Å². The fourth-order valence-electron chi connectivity index (χ4n) is 3.82. The molecule has 2 fully saturated rings. The summed E-state index contributed by atoms with van der Waals surface area (Å²) in [4.78, 5) is 12.8. The Morgan fingerprint density at radius 1 is 1.24 bits per heavy atom. The Labute approximate surface area is 164 Å². The maximum Gasteiger partial charge on any atom is 0.422 e. The van der Waals surface area contributed by atoms with Gasteiger partial charge in [0.2, 0.25) is 5.88 Å². The van der Waals surface area contributed by atoms with Crippen LogP contribution in [0.1, 0.15) is 12.8 Å². The molecule has 3 aromatic heterocycles. The van der Waals surface area contributed by atoms with Crippen molar-refractivity contribution in [3.05, 3.63) is 36.8 Å². The molecule has 4 heterocycles. The van der Waals surface area contributed by atoms with Crippen LogP contribution in [-0.4, -0.2) is 51.3 Å². The zero-order chi connectivity index (χ0) is 20.1. The summed E-state index contributed by atoms with van der Waals surface area (Å²) in [6, 6.07) is 6.00. The number of fused-ring (bicyclic) bond motifs is 1. The van der Waals surface area contributed by atoms with Gasteiger partial charge in [0, 0.05) is 24.5 Å². The van der Waals surface area contributed by atoms with Gasteiger partial charge in [-0.3, -0.25) is 4.40 Å². The zero-order valence-corrected chi connectivity index (χ0v) is 15.4. The molecular weight excluding hydrogens is 385 g/mol. The third kappa shape index (κ3) is 3.59. The minimum Gasteiger partial charge on any atom is -0.467 e. The van der Waals surface area contributed by atoms with Gasteiger partial charge in [-0.2, -0.15) is 13.2 Å². The van der Waals surface area contributed by atoms with Crippen LogP contribution in [0.5, 0.6) is 5.88 Å². The largest absolute Gasteiger partial charge is 0.467 e. The topological polar surface area (TPSA) is 76.4 Å². The Bertz CT molecular complexity index is 1050. The molecule has 1 atom stereocenters. The van der Waals surface area contributed by atoms with Crippen molar-refractivity contribution in [1.82, 2.24) is 24.7 Å². The Hall–Kier alpha value is -2.88. The van der Waals surface area contributed by atoms with Crippen LogP contribution in [0.3, 0.4) is 0 Å². The van der Waals surface area contributed by atoms with E-state index in [0.717, 1.165) is 18.9 Å². The first-order valence-corrected chi connectivity index (χ1v) is 9.39. The second-order valence-corrected chi connectivity index (χ2v) is 7.60. The SMILES string of the molecule is FC(F)(F)COc1cn2c(-c3cccc(NC4CNCC45CC5)n3)cnc2cn1. The van der Waals surface area contributed by atoms with Crippen molar-refractivity contribution < 1.29 is 17.9 Å². The lowest BCUT2D eigenvalue weighted by atomic mass is 10.0. The summed E-state index contributed by atoms with van der Waals surface area (Å²) >= 11 is 0. The van der Waals surface area contributed by atoms with E-state index in [2.05, 4.69) is 20.6 Å². The highest BCUT2D eigenvalue weighted by atomic mass is 19.4. The highest BCUT2D eigenvalue weighted by molar-refractivity contribution is 5.62. The van der Waals surface area contributed by atoms with Gasteiger partial charge in [0.1, 0.15) is 5.82 Å². The van der Waals surface area contributed by atoms with E-state index in [4.69, 9.17) is 9.72 Å². The molecule has 152 valence electrons. The molecule has 0 radical (unpaired) electrons. The van der Waals surface area contributed by atoms with Crippen LogP contribution in [0.15, 0.2) is 36.8 Å². The summed E-state index contributed by atoms with van der Waals surface area (Å²) in [6.45, 7) is 0.544. The summed E-state index contributed by atoms with van der Waals surface area (Å²) in [6.07, 6.45) is 2.40. The molecule has 5 rings (SSSR count). The average Bonchev–Trinajstić information content (AvgIpc) is 3.19. The van der Waals surface area contributed by atoms with E-state index >= 15 is 0 Å². The van der Waals surface area contributed by atoms with Gasteiger partial charge in [0.15, 0.2) is 12.3 Å². The van der Waals surface area contributed by atoms with E-state index in [0.29, 0.717) is 28.5 Å². The number of nitrogens with one attached hydrogen (secondary N) is 2. The molecule has 1 saturated heterocycles. The Morgan fingerprint density at radius 3 is 2.90 bits per heavy atom. The first-order chi connectivity index (χ1) is 13.9. The number of rotatable bonds is 5. The number of halogens is 3. The molecule has 10 heteroatoms. The number of ether oxygens (including phenoxy) is 1. The molecule has 0 aromatic carbocycles. The van der Waals surface area contributed by atoms with Crippen molar-refractivity contribution in [2.75, 3.05) is 25.0 Å². The lowest BCUT2D eigenvalue weighted by molar-refractivity contribution is -0.154. The van der Waals surface area contributed by atoms with Gasteiger partial charge in [0.25, 0.3) is 0 Å². The fourth-order valence-corrected chi connectivity index (χ4v) is 3.82. The Balaban J connectivity index is 1.41. The standard InChI is InChI=1S/C19H19F3N6O/c20-19(21,22)11-29-17-9-28-13(6-24-16(28)8-25-17)12-2-1-3-15(26-12)27-14-7-23-10-18(14)4-5-18/h1-3,6,8-9,14,23H,4-5,7,10-11H2,(H,26,27). The van der Waals surface area contributed by atoms with Gasteiger partial charge in [-0.05, 0) is 25.0 Å². The average molecular weight is 404 g/mol. The summed E-state index contributed by atoms with van der Waals surface area (Å²) in [5, 5.41) is 6.96. The molecular formula is C19H19F3N6O. The summed E-state index contributed by atoms with van der Waals surface area (Å²) in [7, 11) is 0. The molecule has 0 amide bonds. The van der Waals surface area contributed by atoms with Crippen molar-refractivity contribution in [3.63, 3.8) is 0 Å². The van der Waals surface area contributed by atoms with Crippen LogP contribution >= 0.6 is 0 Å². The number of anilines is 1. The van der Waals surface area contributed by atoms with E-state index in [1.807, 2.05) is 18.2 Å². The minimum atomic E-state index is -4.43. The molecule has 3 aromatic rings. The summed E-state index contributed by atoms with van der Waals surface area (Å²) in [5.74, 6) is 0.635. The van der Waals surface area contributed by atoms with Gasteiger partial charge in [0.05, 0.1) is 30.0 Å². The fraction of sp³-hybridized carbons (Fsp3) is 0.421. The maximum absolute atomic E-state index is 12.4. The second-order valence-electron chi connectivity index (χ2n) is 7.60. The quantitative estimate of drug-likeness (QED) is 0.681. The van der Waals surface area contributed by atoms with E-state index in [9.17, 15) is 13.2 Å². The number of nitrogens with zero attached hydrogens (tertiary/aromatic N) is 4. The Kier molecular flexibility index (Phi) is 4.12. The normalized spacial score (nSPS) is 20.3. The molecule has 2 N–H and O–H groups in total. The summed E-state index contributed by atoms with van der Waals surface area (Å²) < 4.78 is 43.6. The predicted molar refractivity (Wildman–Crippen MR) is 99.7 cm³/mol. The third-order valence-electron chi connectivity index (χ3n) is 5.55.